The maximum absolute atomic E-state index is 8.58. The molecule has 0 saturated heterocycles. The summed E-state index contributed by atoms with van der Waals surface area (Å²) in [4.78, 5) is 29.5. The Bertz CT molecular complexity index is 6880. The molecule has 17 aromatic carbocycles. The van der Waals surface area contributed by atoms with Crippen molar-refractivity contribution >= 4 is 96.2 Å². The fourth-order valence-corrected chi connectivity index (χ4v) is 16.9. The molecule has 0 atom stereocenters. The van der Waals surface area contributed by atoms with Gasteiger partial charge in [-0.15, -0.1) is 0 Å². The van der Waals surface area contributed by atoms with Crippen LogP contribution in [0.25, 0.3) is 162 Å². The van der Waals surface area contributed by atoms with E-state index in [1.54, 1.807) is 24.3 Å². The van der Waals surface area contributed by atoms with E-state index in [1.165, 1.54) is 93.0 Å². The maximum atomic E-state index is 8.58. The van der Waals surface area contributed by atoms with Crippen LogP contribution in [0.15, 0.2) is 421 Å². The Kier molecular flexibility index (Phi) is 24.5. The predicted octanol–water partition coefficient (Wildman–Crippen LogP) is 26.1. The highest BCUT2D eigenvalue weighted by atomic mass is 79.9. The normalized spacial score (nSPS) is 11.1. The number of para-hydroxylation sites is 2. The van der Waals surface area contributed by atoms with Crippen LogP contribution < -0.4 is 5.46 Å². The highest BCUT2D eigenvalue weighted by Gasteiger charge is 2.25. The number of hydrogen-bond acceptors (Lipinski definition) is 8. The molecule has 0 fully saturated rings. The molecule has 0 amide bonds. The van der Waals surface area contributed by atoms with Crippen LogP contribution in [-0.4, -0.2) is 60.1 Å². The SMILES string of the molecule is Brc1ccc(-c2nc(-c3ccccc3)nc(-c3ccccc3)n2)c2ccccc12.Brc1cccc2c1Cc1ccccc1-2.C.OB(O)c1ccccc1.[B].c1ccc(-c2cccc3c2Cc2ccccc2-3)cc1.c1ccc(-c2nc(-c3ccccc3)nc(-c3ccc(-n4c5ccccc5c5cccc(-c6ccccc6)c54)c4ccccc34)n2)cc1. The Morgan fingerprint density at radius 3 is 1.07 bits per heavy atom. The Morgan fingerprint density at radius 2 is 0.575 bits per heavy atom. The van der Waals surface area contributed by atoms with Crippen molar-refractivity contribution in [2.24, 2.45) is 0 Å². The van der Waals surface area contributed by atoms with E-state index in [9.17, 15) is 0 Å². The number of halogens is 2. The first kappa shape index (κ1) is 79.9. The van der Waals surface area contributed by atoms with Crippen LogP contribution in [0.1, 0.15) is 29.7 Å². The fraction of sp³-hybridized carbons (Fsp3) is 0.0280. The molecule has 0 saturated carbocycles. The van der Waals surface area contributed by atoms with E-state index in [0.29, 0.717) is 40.4 Å². The van der Waals surface area contributed by atoms with E-state index in [0.717, 1.165) is 77.9 Å². The molecule has 0 bridgehead atoms. The van der Waals surface area contributed by atoms with Gasteiger partial charge in [-0.3, -0.25) is 0 Å². The molecular formula is C107H78B2Br2N7O2. The highest BCUT2D eigenvalue weighted by molar-refractivity contribution is 9.11. The lowest BCUT2D eigenvalue weighted by molar-refractivity contribution is 0.426. The maximum Gasteiger partial charge on any atom is 0.488 e. The molecular weight excluding hydrogens is 1600 g/mol. The second-order valence-electron chi connectivity index (χ2n) is 28.7. The van der Waals surface area contributed by atoms with Crippen molar-refractivity contribution < 1.29 is 10.0 Å². The van der Waals surface area contributed by atoms with Crippen molar-refractivity contribution in [2.75, 3.05) is 0 Å². The second kappa shape index (κ2) is 36.7. The number of fused-ring (bicyclic) bond motifs is 11. The molecule has 3 radical (unpaired) electrons. The van der Waals surface area contributed by atoms with Crippen LogP contribution in [0.4, 0.5) is 0 Å². The molecule has 3 aromatic heterocycles. The van der Waals surface area contributed by atoms with Crippen LogP contribution in [0, 0.1) is 0 Å². The zero-order chi connectivity index (χ0) is 79.7. The molecule has 3 heterocycles. The molecule has 120 heavy (non-hydrogen) atoms. The molecule has 20 aromatic rings. The Balaban J connectivity index is 0.000000124. The van der Waals surface area contributed by atoms with Gasteiger partial charge in [-0.2, -0.15) is 0 Å². The van der Waals surface area contributed by atoms with Crippen molar-refractivity contribution in [1.82, 2.24) is 34.5 Å². The first-order valence-corrected chi connectivity index (χ1v) is 40.9. The molecule has 0 aliphatic heterocycles. The van der Waals surface area contributed by atoms with Gasteiger partial charge in [0.25, 0.3) is 0 Å². The van der Waals surface area contributed by atoms with Gasteiger partial charge < -0.3 is 14.6 Å². The van der Waals surface area contributed by atoms with Gasteiger partial charge in [-0.05, 0) is 132 Å². The van der Waals surface area contributed by atoms with Crippen molar-refractivity contribution in [2.45, 2.75) is 20.3 Å². The number of benzene rings is 17. The zero-order valence-electron chi connectivity index (χ0n) is 64.6. The van der Waals surface area contributed by atoms with E-state index in [2.05, 4.69) is 279 Å². The first-order valence-electron chi connectivity index (χ1n) is 39.3. The molecule has 22 rings (SSSR count). The van der Waals surface area contributed by atoms with Crippen LogP contribution in [0.3, 0.4) is 0 Å². The largest absolute Gasteiger partial charge is 0.488 e. The quantitative estimate of drug-likeness (QED) is 0.130. The third-order valence-corrected chi connectivity index (χ3v) is 22.9. The van der Waals surface area contributed by atoms with Gasteiger partial charge in [0.05, 0.1) is 16.7 Å². The average Bonchev–Trinajstić information content (AvgIpc) is 1.55. The summed E-state index contributed by atoms with van der Waals surface area (Å²) in [5.41, 5.74) is 26.2. The number of aromatic nitrogens is 7. The summed E-state index contributed by atoms with van der Waals surface area (Å²) in [5.74, 6) is 3.95. The van der Waals surface area contributed by atoms with E-state index < -0.39 is 7.12 Å². The summed E-state index contributed by atoms with van der Waals surface area (Å²) in [5, 5.41) is 24.1. The van der Waals surface area contributed by atoms with Gasteiger partial charge in [0, 0.05) is 72.5 Å². The number of rotatable bonds is 10. The minimum atomic E-state index is -1.34. The fourth-order valence-electron chi connectivity index (χ4n) is 15.9. The summed E-state index contributed by atoms with van der Waals surface area (Å²) in [6, 6.07) is 141. The summed E-state index contributed by atoms with van der Waals surface area (Å²) < 4.78 is 4.71. The molecule has 9 nitrogen and oxygen atoms in total. The lowest BCUT2D eigenvalue weighted by Crippen LogP contribution is -2.29. The average molecular weight is 1680 g/mol. The Morgan fingerprint density at radius 1 is 0.242 bits per heavy atom. The molecule has 13 heteroatoms. The van der Waals surface area contributed by atoms with E-state index in [1.807, 2.05) is 146 Å². The first-order chi connectivity index (χ1) is 58.2. The molecule has 2 aliphatic rings. The van der Waals surface area contributed by atoms with E-state index in [-0.39, 0.29) is 15.8 Å². The van der Waals surface area contributed by atoms with Gasteiger partial charge in [-0.1, -0.05) is 415 Å². The summed E-state index contributed by atoms with van der Waals surface area (Å²) >= 11 is 7.26. The Labute approximate surface area is 717 Å². The number of hydrogen-bond donors (Lipinski definition) is 2. The molecule has 0 unspecified atom stereocenters. The monoisotopic (exact) mass is 1670 g/mol. The second-order valence-corrected chi connectivity index (χ2v) is 30.4. The summed E-state index contributed by atoms with van der Waals surface area (Å²) in [7, 11) is -1.34. The van der Waals surface area contributed by atoms with Crippen LogP contribution in [0.5, 0.6) is 0 Å². The predicted molar refractivity (Wildman–Crippen MR) is 506 cm³/mol. The number of nitrogens with zero attached hydrogens (tertiary/aromatic N) is 7. The smallest absolute Gasteiger partial charge is 0.423 e. The Hall–Kier alpha value is -13.9. The molecule has 573 valence electrons. The summed E-state index contributed by atoms with van der Waals surface area (Å²) in [6.07, 6.45) is 2.11. The third-order valence-electron chi connectivity index (χ3n) is 21.5. The van der Waals surface area contributed by atoms with E-state index >= 15 is 0 Å². The molecule has 2 N–H and O–H groups in total. The topological polar surface area (TPSA) is 123 Å². The standard InChI is InChI=1S/C43H28N4.C25H16BrN3.C19H14.C13H9Br.C6H7BO2.CH4.B/c1-4-15-29(16-5-1)32-24-14-25-36-35-23-12-13-26-38(35)47(40(32)36)39-28-27-37(33-21-10-11-22-34(33)39)43-45-41(30-17-6-2-7-18-30)44-42(46-43)31-19-8-3-9-20-31;26-22-16-15-21(19-13-7-8-14-20(19)22)25-28-23(17-9-3-1-4-10-17)27-24(29-25)18-11-5-2-6-12-18;1-2-7-14(8-3-1)16-11-6-12-18-17-10-5-4-9-15(17)13-19(16)18;14-13-7-3-6-11-10-5-2-1-4-9(10)8-12(11)13;8-7(9)6-4-2-1-3-5-6;;/h1-28H;1-16H;1-12H,13H2;1-7H,8H2;1-5,8-9H;1H4;. The molecule has 2 aliphatic carbocycles. The minimum absolute atomic E-state index is 0. The minimum Gasteiger partial charge on any atom is -0.423 e. The van der Waals surface area contributed by atoms with Gasteiger partial charge in [0.2, 0.25) is 0 Å². The molecule has 0 spiro atoms. The van der Waals surface area contributed by atoms with Crippen molar-refractivity contribution in [1.29, 1.82) is 0 Å². The van der Waals surface area contributed by atoms with Crippen LogP contribution in [-0.2, 0) is 12.8 Å². The van der Waals surface area contributed by atoms with Gasteiger partial charge in [0.15, 0.2) is 34.9 Å². The summed E-state index contributed by atoms with van der Waals surface area (Å²) in [6.45, 7) is 0. The highest BCUT2D eigenvalue weighted by Crippen LogP contribution is 2.45. The van der Waals surface area contributed by atoms with Crippen molar-refractivity contribution in [3.8, 4) is 119 Å². The lowest BCUT2D eigenvalue weighted by Gasteiger charge is -2.16. The third kappa shape index (κ3) is 16.7. The zero-order valence-corrected chi connectivity index (χ0v) is 67.8. The van der Waals surface area contributed by atoms with E-state index in [4.69, 9.17) is 40.0 Å². The van der Waals surface area contributed by atoms with Crippen LogP contribution in [0.2, 0.25) is 0 Å². The van der Waals surface area contributed by atoms with Crippen molar-refractivity contribution in [3.05, 3.63) is 444 Å². The van der Waals surface area contributed by atoms with Gasteiger partial charge in [-0.25, -0.2) is 29.9 Å². The lowest BCUT2D eigenvalue weighted by atomic mass is 9.81. The van der Waals surface area contributed by atoms with Crippen molar-refractivity contribution in [3.63, 3.8) is 0 Å². The van der Waals surface area contributed by atoms with Gasteiger partial charge >= 0.3 is 7.12 Å². The van der Waals surface area contributed by atoms with Crippen LogP contribution >= 0.6 is 31.9 Å². The van der Waals surface area contributed by atoms with Gasteiger partial charge in [0.1, 0.15) is 0 Å².